The molecule has 0 aliphatic carbocycles. The number of carboxylic acid groups (broad SMARTS) is 1. The molecule has 4 rings (SSSR count). The number of aryl methyl sites for hydroxylation is 1. The molecule has 1 heterocycles. The molecule has 0 aromatic heterocycles. The molecule has 35 heavy (non-hydrogen) atoms. The zero-order valence-electron chi connectivity index (χ0n) is 20.3. The summed E-state index contributed by atoms with van der Waals surface area (Å²) in [5.41, 5.74) is 2.16. The van der Waals surface area contributed by atoms with E-state index in [2.05, 4.69) is 17.1 Å². The predicted octanol–water partition coefficient (Wildman–Crippen LogP) is 4.91. The van der Waals surface area contributed by atoms with E-state index < -0.39 is 5.97 Å². The van der Waals surface area contributed by atoms with Crippen molar-refractivity contribution in [3.63, 3.8) is 0 Å². The lowest BCUT2D eigenvalue weighted by atomic mass is 10.0. The fourth-order valence-electron chi connectivity index (χ4n) is 4.54. The molecule has 0 bridgehead atoms. The molecule has 0 saturated carbocycles. The SMILES string of the molecule is CCN1CCC(NC(=O)C(=Cc2ccc(C(=O)O)c(C)c2)COc2cccc3ccccc23)CC1. The standard InChI is InChI=1S/C29H32N2O4/c1-3-31-15-13-24(14-16-31)30-28(32)23(18-21-11-12-25(29(33)34)20(2)17-21)19-35-27-10-6-8-22-7-4-5-9-26(22)27/h4-12,17-18,24H,3,13-16,19H2,1-2H3,(H,30,32)(H,33,34). The molecule has 0 atom stereocenters. The van der Waals surface area contributed by atoms with Crippen molar-refractivity contribution < 1.29 is 19.4 Å². The van der Waals surface area contributed by atoms with Crippen LogP contribution in [0.1, 0.15) is 41.3 Å². The number of rotatable bonds is 8. The van der Waals surface area contributed by atoms with E-state index in [4.69, 9.17) is 4.74 Å². The Labute approximate surface area is 206 Å². The second kappa shape index (κ2) is 11.2. The fourth-order valence-corrected chi connectivity index (χ4v) is 4.54. The number of fused-ring (bicyclic) bond motifs is 1. The summed E-state index contributed by atoms with van der Waals surface area (Å²) >= 11 is 0. The normalized spacial score (nSPS) is 15.2. The second-order valence-electron chi connectivity index (χ2n) is 9.00. The van der Waals surface area contributed by atoms with Crippen LogP contribution in [-0.4, -0.2) is 54.2 Å². The Bertz CT molecular complexity index is 1240. The molecule has 1 saturated heterocycles. The molecule has 3 aromatic carbocycles. The molecule has 6 heteroatoms. The first-order chi connectivity index (χ1) is 16.9. The number of carbonyl (C=O) groups excluding carboxylic acids is 1. The number of nitrogens with zero attached hydrogens (tertiary/aromatic N) is 1. The number of hydrogen-bond acceptors (Lipinski definition) is 4. The van der Waals surface area contributed by atoms with E-state index in [1.54, 1.807) is 31.2 Å². The number of carbonyl (C=O) groups is 2. The van der Waals surface area contributed by atoms with Gasteiger partial charge in [-0.1, -0.05) is 55.5 Å². The van der Waals surface area contributed by atoms with E-state index in [0.717, 1.165) is 54.6 Å². The Balaban J connectivity index is 1.57. The van der Waals surface area contributed by atoms with Crippen LogP contribution in [0.3, 0.4) is 0 Å². The molecule has 2 N–H and O–H groups in total. The Morgan fingerprint density at radius 1 is 1.09 bits per heavy atom. The first kappa shape index (κ1) is 24.5. The van der Waals surface area contributed by atoms with Crippen LogP contribution in [0.2, 0.25) is 0 Å². The van der Waals surface area contributed by atoms with Gasteiger partial charge in [0, 0.05) is 24.5 Å². The summed E-state index contributed by atoms with van der Waals surface area (Å²) in [5, 5.41) is 14.6. The third-order valence-corrected chi connectivity index (χ3v) is 6.62. The number of benzene rings is 3. The molecular formula is C29H32N2O4. The maximum Gasteiger partial charge on any atom is 0.335 e. The lowest BCUT2D eigenvalue weighted by Gasteiger charge is -2.31. The van der Waals surface area contributed by atoms with Gasteiger partial charge in [-0.15, -0.1) is 0 Å². The summed E-state index contributed by atoms with van der Waals surface area (Å²) in [4.78, 5) is 27.1. The number of ether oxygens (including phenoxy) is 1. The molecule has 1 aliphatic heterocycles. The third kappa shape index (κ3) is 6.08. The van der Waals surface area contributed by atoms with E-state index in [0.29, 0.717) is 11.1 Å². The summed E-state index contributed by atoms with van der Waals surface area (Å²) in [6.45, 7) is 6.99. The van der Waals surface area contributed by atoms with Crippen LogP contribution in [0.4, 0.5) is 0 Å². The van der Waals surface area contributed by atoms with E-state index in [1.807, 2.05) is 42.5 Å². The van der Waals surface area contributed by atoms with Gasteiger partial charge in [-0.3, -0.25) is 4.79 Å². The number of piperidine rings is 1. The number of nitrogens with one attached hydrogen (secondary N) is 1. The topological polar surface area (TPSA) is 78.9 Å². The van der Waals surface area contributed by atoms with Gasteiger partial charge >= 0.3 is 5.97 Å². The number of carboxylic acids is 1. The average Bonchev–Trinajstić information content (AvgIpc) is 2.86. The van der Waals surface area contributed by atoms with Crippen LogP contribution in [0, 0.1) is 6.92 Å². The quantitative estimate of drug-likeness (QED) is 0.456. The van der Waals surface area contributed by atoms with Gasteiger partial charge in [0.1, 0.15) is 12.4 Å². The number of hydrogen-bond donors (Lipinski definition) is 2. The highest BCUT2D eigenvalue weighted by Gasteiger charge is 2.22. The number of likely N-dealkylation sites (tertiary alicyclic amines) is 1. The molecule has 1 amide bonds. The molecule has 3 aromatic rings. The minimum atomic E-state index is -0.964. The minimum absolute atomic E-state index is 0.105. The fraction of sp³-hybridized carbons (Fsp3) is 0.310. The third-order valence-electron chi connectivity index (χ3n) is 6.62. The number of aromatic carboxylic acids is 1. The van der Waals surface area contributed by atoms with Crippen molar-refractivity contribution in [2.24, 2.45) is 0 Å². The van der Waals surface area contributed by atoms with Gasteiger partial charge in [0.25, 0.3) is 5.91 Å². The zero-order chi connectivity index (χ0) is 24.8. The predicted molar refractivity (Wildman–Crippen MR) is 139 cm³/mol. The van der Waals surface area contributed by atoms with Gasteiger partial charge in [0.15, 0.2) is 0 Å². The maximum atomic E-state index is 13.3. The van der Waals surface area contributed by atoms with Crippen LogP contribution in [0.15, 0.2) is 66.2 Å². The zero-order valence-corrected chi connectivity index (χ0v) is 20.3. The van der Waals surface area contributed by atoms with Gasteiger partial charge in [-0.25, -0.2) is 4.79 Å². The average molecular weight is 473 g/mol. The first-order valence-electron chi connectivity index (χ1n) is 12.1. The monoisotopic (exact) mass is 472 g/mol. The van der Waals surface area contributed by atoms with Crippen LogP contribution in [0.25, 0.3) is 16.8 Å². The van der Waals surface area contributed by atoms with E-state index in [1.165, 1.54) is 0 Å². The van der Waals surface area contributed by atoms with Crippen LogP contribution in [0.5, 0.6) is 5.75 Å². The molecule has 1 aliphatic rings. The van der Waals surface area contributed by atoms with E-state index >= 15 is 0 Å². The van der Waals surface area contributed by atoms with Crippen molar-refractivity contribution in [3.8, 4) is 5.75 Å². The van der Waals surface area contributed by atoms with Gasteiger partial charge in [-0.05, 0) is 61.0 Å². The smallest absolute Gasteiger partial charge is 0.335 e. The van der Waals surface area contributed by atoms with Crippen LogP contribution < -0.4 is 10.1 Å². The summed E-state index contributed by atoms with van der Waals surface area (Å²) < 4.78 is 6.16. The second-order valence-corrected chi connectivity index (χ2v) is 9.00. The Hall–Kier alpha value is -3.64. The lowest BCUT2D eigenvalue weighted by molar-refractivity contribution is -0.118. The largest absolute Gasteiger partial charge is 0.488 e. The maximum absolute atomic E-state index is 13.3. The molecule has 182 valence electrons. The Kier molecular flexibility index (Phi) is 7.83. The van der Waals surface area contributed by atoms with Gasteiger partial charge in [-0.2, -0.15) is 0 Å². The van der Waals surface area contributed by atoms with Crippen molar-refractivity contribution >= 4 is 28.7 Å². The van der Waals surface area contributed by atoms with Crippen molar-refractivity contribution in [2.75, 3.05) is 26.2 Å². The van der Waals surface area contributed by atoms with Crippen molar-refractivity contribution in [1.82, 2.24) is 10.2 Å². The highest BCUT2D eigenvalue weighted by molar-refractivity contribution is 5.99. The molecule has 0 spiro atoms. The highest BCUT2D eigenvalue weighted by atomic mass is 16.5. The van der Waals surface area contributed by atoms with Crippen molar-refractivity contribution in [1.29, 1.82) is 0 Å². The molecular weight excluding hydrogens is 440 g/mol. The van der Waals surface area contributed by atoms with Gasteiger partial charge < -0.3 is 20.1 Å². The highest BCUT2D eigenvalue weighted by Crippen LogP contribution is 2.26. The van der Waals surface area contributed by atoms with Crippen molar-refractivity contribution in [2.45, 2.75) is 32.7 Å². The number of amides is 1. The molecule has 6 nitrogen and oxygen atoms in total. The molecule has 1 fully saturated rings. The minimum Gasteiger partial charge on any atom is -0.488 e. The lowest BCUT2D eigenvalue weighted by Crippen LogP contribution is -2.45. The van der Waals surface area contributed by atoms with Crippen molar-refractivity contribution in [3.05, 3.63) is 82.9 Å². The van der Waals surface area contributed by atoms with E-state index in [-0.39, 0.29) is 24.1 Å². The summed E-state index contributed by atoms with van der Waals surface area (Å²) in [6.07, 6.45) is 3.63. The van der Waals surface area contributed by atoms with Gasteiger partial charge in [0.05, 0.1) is 11.1 Å². The molecule has 0 unspecified atom stereocenters. The van der Waals surface area contributed by atoms with Crippen LogP contribution >= 0.6 is 0 Å². The summed E-state index contributed by atoms with van der Waals surface area (Å²) in [6, 6.07) is 19.1. The summed E-state index contributed by atoms with van der Waals surface area (Å²) in [5.74, 6) is -0.399. The summed E-state index contributed by atoms with van der Waals surface area (Å²) in [7, 11) is 0. The van der Waals surface area contributed by atoms with Gasteiger partial charge in [0.2, 0.25) is 0 Å². The Morgan fingerprint density at radius 3 is 2.54 bits per heavy atom. The van der Waals surface area contributed by atoms with Crippen LogP contribution in [-0.2, 0) is 4.79 Å². The first-order valence-corrected chi connectivity index (χ1v) is 12.1. The van der Waals surface area contributed by atoms with E-state index in [9.17, 15) is 14.7 Å². The molecule has 0 radical (unpaired) electrons. The Morgan fingerprint density at radius 2 is 1.83 bits per heavy atom.